The Balaban J connectivity index is 1.77. The van der Waals surface area contributed by atoms with Gasteiger partial charge < -0.3 is 9.84 Å². The number of hydrogen-bond donors (Lipinski definition) is 1. The van der Waals surface area contributed by atoms with E-state index in [-0.39, 0.29) is 11.4 Å². The first kappa shape index (κ1) is 31.2. The van der Waals surface area contributed by atoms with Crippen LogP contribution in [-0.2, 0) is 26.1 Å². The molecule has 1 N–H and O–H groups in total. The number of aliphatic hydroxyl groups excluding tert-OH is 1. The summed E-state index contributed by atoms with van der Waals surface area (Å²) in [5.41, 5.74) is 4.36. The van der Waals surface area contributed by atoms with Crippen LogP contribution in [0.1, 0.15) is 59.4 Å². The summed E-state index contributed by atoms with van der Waals surface area (Å²) in [5, 5.41) is 10.9. The molecule has 0 aliphatic rings. The second-order valence-electron chi connectivity index (χ2n) is 10.9. The highest BCUT2D eigenvalue weighted by atomic mass is 32.2. The van der Waals surface area contributed by atoms with Crippen molar-refractivity contribution < 1.29 is 23.1 Å². The Morgan fingerprint density at radius 3 is 1.79 bits per heavy atom. The molecule has 0 heterocycles. The maximum Gasteiger partial charge on any atom is 0.312 e. The Morgan fingerprint density at radius 1 is 0.786 bits per heavy atom. The predicted molar refractivity (Wildman–Crippen MR) is 165 cm³/mol. The molecular formula is C35H39NO5S. The number of carbonyl (C=O) groups excluding carboxylic acids is 1. The lowest BCUT2D eigenvalue weighted by molar-refractivity contribution is -0.160. The quantitative estimate of drug-likeness (QED) is 0.195. The number of rotatable bonds is 11. The molecule has 4 rings (SSSR count). The topological polar surface area (TPSA) is 83.9 Å². The van der Waals surface area contributed by atoms with Crippen LogP contribution >= 0.6 is 0 Å². The molecule has 0 aliphatic heterocycles. The minimum Gasteiger partial charge on any atom is -0.455 e. The van der Waals surface area contributed by atoms with Crippen LogP contribution in [-0.4, -0.2) is 29.8 Å². The van der Waals surface area contributed by atoms with Gasteiger partial charge in [-0.15, -0.1) is 0 Å². The number of aliphatic hydroxyl groups is 1. The van der Waals surface area contributed by atoms with E-state index in [2.05, 4.69) is 0 Å². The van der Waals surface area contributed by atoms with Gasteiger partial charge in [0, 0.05) is 6.54 Å². The summed E-state index contributed by atoms with van der Waals surface area (Å²) in [4.78, 5) is 13.8. The molecule has 0 unspecified atom stereocenters. The van der Waals surface area contributed by atoms with Gasteiger partial charge in [-0.1, -0.05) is 109 Å². The van der Waals surface area contributed by atoms with E-state index in [1.54, 1.807) is 52.0 Å². The number of ether oxygens (including phenoxy) is 1. The van der Waals surface area contributed by atoms with E-state index in [1.165, 1.54) is 4.31 Å². The highest BCUT2D eigenvalue weighted by molar-refractivity contribution is 7.89. The number of sulfonamides is 1. The summed E-state index contributed by atoms with van der Waals surface area (Å²) in [6, 6.07) is 30.4. The first-order valence-electron chi connectivity index (χ1n) is 14.1. The fraction of sp³-hybridized carbons (Fsp3) is 0.286. The first-order valence-corrected chi connectivity index (χ1v) is 15.6. The summed E-state index contributed by atoms with van der Waals surface area (Å²) >= 11 is 0. The van der Waals surface area contributed by atoms with Crippen LogP contribution in [0.2, 0.25) is 0 Å². The molecule has 4 aromatic carbocycles. The van der Waals surface area contributed by atoms with Gasteiger partial charge in [-0.2, -0.15) is 4.31 Å². The van der Waals surface area contributed by atoms with Crippen molar-refractivity contribution in [3.63, 3.8) is 0 Å². The lowest BCUT2D eigenvalue weighted by Crippen LogP contribution is -2.43. The van der Waals surface area contributed by atoms with E-state index >= 15 is 0 Å². The minimum atomic E-state index is -4.05. The summed E-state index contributed by atoms with van der Waals surface area (Å²) in [6.45, 7) is 9.02. The number of hydrogen-bond acceptors (Lipinski definition) is 5. The molecule has 0 spiro atoms. The van der Waals surface area contributed by atoms with Crippen LogP contribution in [0, 0.1) is 26.7 Å². The first-order chi connectivity index (χ1) is 20.0. The highest BCUT2D eigenvalue weighted by Crippen LogP contribution is 2.35. The normalized spacial score (nSPS) is 14.6. The monoisotopic (exact) mass is 585 g/mol. The maximum atomic E-state index is 14.5. The largest absolute Gasteiger partial charge is 0.455 e. The summed E-state index contributed by atoms with van der Waals surface area (Å²) in [6.07, 6.45) is -2.01. The van der Waals surface area contributed by atoms with Crippen LogP contribution in [0.15, 0.2) is 108 Å². The molecule has 0 aliphatic carbocycles. The molecule has 0 radical (unpaired) electrons. The van der Waals surface area contributed by atoms with Crippen LogP contribution in [0.25, 0.3) is 0 Å². The molecule has 0 saturated carbocycles. The molecule has 42 heavy (non-hydrogen) atoms. The van der Waals surface area contributed by atoms with Gasteiger partial charge in [-0.05, 0) is 62.4 Å². The Kier molecular flexibility index (Phi) is 9.99. The molecular weight excluding hydrogens is 546 g/mol. The van der Waals surface area contributed by atoms with E-state index in [9.17, 15) is 18.3 Å². The third-order valence-corrected chi connectivity index (χ3v) is 9.84. The molecule has 0 bridgehead atoms. The molecule has 6 nitrogen and oxygen atoms in total. The van der Waals surface area contributed by atoms with Gasteiger partial charge in [-0.3, -0.25) is 4.79 Å². The number of carbonyl (C=O) groups is 1. The van der Waals surface area contributed by atoms with Crippen molar-refractivity contribution >= 4 is 16.0 Å². The predicted octanol–water partition coefficient (Wildman–Crippen LogP) is 6.85. The fourth-order valence-electron chi connectivity index (χ4n) is 5.44. The molecule has 0 fully saturated rings. The van der Waals surface area contributed by atoms with E-state index in [4.69, 9.17) is 4.74 Å². The van der Waals surface area contributed by atoms with E-state index in [0.717, 1.165) is 11.1 Å². The van der Waals surface area contributed by atoms with E-state index in [1.807, 2.05) is 85.8 Å². The average molecular weight is 586 g/mol. The van der Waals surface area contributed by atoms with E-state index in [0.29, 0.717) is 22.3 Å². The van der Waals surface area contributed by atoms with Crippen molar-refractivity contribution in [2.45, 2.75) is 64.3 Å². The summed E-state index contributed by atoms with van der Waals surface area (Å²) in [7, 11) is -4.05. The smallest absolute Gasteiger partial charge is 0.312 e. The second-order valence-corrected chi connectivity index (χ2v) is 12.7. The van der Waals surface area contributed by atoms with Gasteiger partial charge >= 0.3 is 5.97 Å². The van der Waals surface area contributed by atoms with Crippen LogP contribution in [0.5, 0.6) is 0 Å². The van der Waals surface area contributed by atoms with Crippen molar-refractivity contribution in [3.8, 4) is 0 Å². The van der Waals surface area contributed by atoms with Crippen LogP contribution in [0.4, 0.5) is 0 Å². The molecule has 4 aromatic rings. The van der Waals surface area contributed by atoms with Gasteiger partial charge in [0.05, 0.1) is 23.0 Å². The third-order valence-electron chi connectivity index (χ3n) is 7.60. The second kappa shape index (κ2) is 13.5. The Labute approximate surface area is 249 Å². The Morgan fingerprint density at radius 2 is 1.26 bits per heavy atom. The van der Waals surface area contributed by atoms with Gasteiger partial charge in [0.1, 0.15) is 6.10 Å². The number of benzene rings is 4. The lowest BCUT2D eigenvalue weighted by Gasteiger charge is -2.35. The molecule has 4 atom stereocenters. The van der Waals surface area contributed by atoms with Gasteiger partial charge in [0.15, 0.2) is 0 Å². The molecule has 220 valence electrons. The summed E-state index contributed by atoms with van der Waals surface area (Å²) < 4.78 is 36.6. The number of esters is 1. The molecule has 0 aromatic heterocycles. The maximum absolute atomic E-state index is 14.5. The van der Waals surface area contributed by atoms with E-state index < -0.39 is 40.2 Å². The lowest BCUT2D eigenvalue weighted by atomic mass is 9.97. The van der Waals surface area contributed by atoms with Crippen molar-refractivity contribution in [2.24, 2.45) is 5.92 Å². The van der Waals surface area contributed by atoms with Crippen molar-refractivity contribution in [3.05, 3.63) is 137 Å². The SMILES string of the molecule is Cc1cc(C)c(S(=O)(=O)N(Cc2ccccc2)[C@@H](C)[C@H](OC(=O)[C@H](C)[C@H](O)c2ccccc2)c2ccccc2)c(C)c1. The average Bonchev–Trinajstić information content (AvgIpc) is 2.98. The van der Waals surface area contributed by atoms with Crippen molar-refractivity contribution in [1.82, 2.24) is 4.31 Å². The molecule has 7 heteroatoms. The highest BCUT2D eigenvalue weighted by Gasteiger charge is 2.39. The fourth-order valence-corrected chi connectivity index (χ4v) is 7.47. The van der Waals surface area contributed by atoms with Crippen molar-refractivity contribution in [1.29, 1.82) is 0 Å². The van der Waals surface area contributed by atoms with Crippen LogP contribution < -0.4 is 0 Å². The number of aryl methyl sites for hydroxylation is 3. The van der Waals surface area contributed by atoms with Gasteiger partial charge in [0.25, 0.3) is 0 Å². The number of nitrogens with zero attached hydrogens (tertiary/aromatic N) is 1. The zero-order chi connectivity index (χ0) is 30.4. The zero-order valence-electron chi connectivity index (χ0n) is 24.8. The Bertz CT molecular complexity index is 1570. The zero-order valence-corrected chi connectivity index (χ0v) is 25.6. The minimum absolute atomic E-state index is 0.0835. The van der Waals surface area contributed by atoms with Gasteiger partial charge in [-0.25, -0.2) is 8.42 Å². The molecule has 0 saturated heterocycles. The third kappa shape index (κ3) is 6.98. The van der Waals surface area contributed by atoms with Crippen molar-refractivity contribution in [2.75, 3.05) is 0 Å². The Hall–Kier alpha value is -3.78. The molecule has 0 amide bonds. The van der Waals surface area contributed by atoms with Gasteiger partial charge in [0.2, 0.25) is 10.0 Å². The van der Waals surface area contributed by atoms with Crippen LogP contribution in [0.3, 0.4) is 0 Å². The summed E-state index contributed by atoms with van der Waals surface area (Å²) in [5.74, 6) is -1.50. The standard InChI is InChI=1S/C35H39NO5S/c1-24-21-25(2)34(26(3)22-24)42(39,40)36(23-29-15-9-6-10-16-29)28(5)33(31-19-13-8-14-20-31)41-35(38)27(4)32(37)30-17-11-7-12-18-30/h6-22,27-28,32-33,37H,23H2,1-5H3/t27-,28+,32+,33+/m1/s1.